The van der Waals surface area contributed by atoms with Gasteiger partial charge in [-0.25, -0.2) is 5.01 Å². The van der Waals surface area contributed by atoms with Crippen molar-refractivity contribution in [2.45, 2.75) is 45.2 Å². The summed E-state index contributed by atoms with van der Waals surface area (Å²) in [6.07, 6.45) is 0.791. The fraction of sp³-hybridized carbons (Fsp3) is 0.545. The molecule has 1 fully saturated rings. The monoisotopic (exact) mass is 429 g/mol. The van der Waals surface area contributed by atoms with Crippen LogP contribution in [-0.2, 0) is 14.4 Å². The van der Waals surface area contributed by atoms with Crippen molar-refractivity contribution in [1.29, 1.82) is 0 Å². The molecule has 2 aliphatic heterocycles. The quantitative estimate of drug-likeness (QED) is 0.663. The molecule has 2 atom stereocenters. The summed E-state index contributed by atoms with van der Waals surface area (Å²) in [7, 11) is 1.62. The maximum atomic E-state index is 13.4. The molecule has 3 amide bonds. The molecular weight excluding hydrogens is 398 g/mol. The first-order chi connectivity index (χ1) is 14.5. The van der Waals surface area contributed by atoms with Crippen LogP contribution < -0.4 is 15.8 Å². The highest BCUT2D eigenvalue weighted by molar-refractivity contribution is 6.13. The van der Waals surface area contributed by atoms with Gasteiger partial charge in [-0.15, -0.1) is 0 Å². The van der Waals surface area contributed by atoms with Gasteiger partial charge in [0.05, 0.1) is 17.9 Å². The molecular formula is C22H31N5O4. The zero-order valence-corrected chi connectivity index (χ0v) is 18.6. The Kier molecular flexibility index (Phi) is 6.35. The van der Waals surface area contributed by atoms with E-state index in [-0.39, 0.29) is 31.4 Å². The number of hydrogen-bond acceptors (Lipinski definition) is 6. The molecule has 2 heterocycles. The summed E-state index contributed by atoms with van der Waals surface area (Å²) >= 11 is 0. The number of nitrogens with one attached hydrogen (secondary N) is 1. The van der Waals surface area contributed by atoms with Gasteiger partial charge in [0.2, 0.25) is 11.8 Å². The minimum Gasteiger partial charge on any atom is -0.494 e. The van der Waals surface area contributed by atoms with Crippen LogP contribution in [-0.4, -0.2) is 71.7 Å². The fourth-order valence-corrected chi connectivity index (χ4v) is 3.83. The summed E-state index contributed by atoms with van der Waals surface area (Å²) < 4.78 is 5.73. The third kappa shape index (κ3) is 4.87. The van der Waals surface area contributed by atoms with Crippen LogP contribution in [0, 0.1) is 5.41 Å². The Morgan fingerprint density at radius 3 is 2.65 bits per heavy atom. The number of benzene rings is 1. The van der Waals surface area contributed by atoms with Crippen molar-refractivity contribution in [2.24, 2.45) is 16.3 Å². The first kappa shape index (κ1) is 22.7. The van der Waals surface area contributed by atoms with E-state index in [0.717, 1.165) is 5.71 Å². The largest absolute Gasteiger partial charge is 0.494 e. The summed E-state index contributed by atoms with van der Waals surface area (Å²) in [5.74, 6) is -0.120. The van der Waals surface area contributed by atoms with Crippen molar-refractivity contribution < 1.29 is 19.1 Å². The lowest BCUT2D eigenvalue weighted by Gasteiger charge is -2.38. The highest BCUT2D eigenvalue weighted by Gasteiger charge is 2.50. The summed E-state index contributed by atoms with van der Waals surface area (Å²) in [4.78, 5) is 40.1. The van der Waals surface area contributed by atoms with Crippen LogP contribution in [0.4, 0.5) is 0 Å². The van der Waals surface area contributed by atoms with E-state index in [0.29, 0.717) is 18.7 Å². The summed E-state index contributed by atoms with van der Waals surface area (Å²) in [5.41, 5.74) is 4.75. The topological polar surface area (TPSA) is 117 Å². The lowest BCUT2D eigenvalue weighted by molar-refractivity contribution is -0.142. The van der Waals surface area contributed by atoms with Gasteiger partial charge in [0.15, 0.2) is 0 Å². The van der Waals surface area contributed by atoms with Gasteiger partial charge in [-0.3, -0.25) is 14.4 Å². The lowest BCUT2D eigenvalue weighted by Crippen LogP contribution is -2.60. The number of fused-ring (bicyclic) bond motifs is 1. The normalized spacial score (nSPS) is 22.0. The molecule has 0 spiro atoms. The van der Waals surface area contributed by atoms with Gasteiger partial charge < -0.3 is 20.7 Å². The molecule has 1 saturated heterocycles. The Morgan fingerprint density at radius 2 is 2.00 bits per heavy atom. The maximum Gasteiger partial charge on any atom is 0.255 e. The van der Waals surface area contributed by atoms with Crippen molar-refractivity contribution in [2.75, 3.05) is 26.7 Å². The number of nitrogens with zero attached hydrogens (tertiary/aromatic N) is 3. The molecule has 3 N–H and O–H groups in total. The molecule has 31 heavy (non-hydrogen) atoms. The number of carbonyl (C=O) groups excluding carboxylic acids is 3. The molecule has 2 aliphatic rings. The number of nitrogens with two attached hydrogens (primary N) is 1. The number of hydrazone groups is 1. The van der Waals surface area contributed by atoms with Crippen molar-refractivity contribution >= 4 is 23.4 Å². The predicted molar refractivity (Wildman–Crippen MR) is 116 cm³/mol. The van der Waals surface area contributed by atoms with Crippen molar-refractivity contribution in [3.05, 3.63) is 30.3 Å². The number of amides is 3. The van der Waals surface area contributed by atoms with E-state index in [9.17, 15) is 14.4 Å². The number of para-hydroxylation sites is 1. The predicted octanol–water partition coefficient (Wildman–Crippen LogP) is 0.744. The molecule has 9 nitrogen and oxygen atoms in total. The van der Waals surface area contributed by atoms with E-state index in [4.69, 9.17) is 10.5 Å². The Hall–Kier alpha value is -2.94. The van der Waals surface area contributed by atoms with Crippen molar-refractivity contribution in [3.63, 3.8) is 0 Å². The number of ether oxygens (including phenoxy) is 1. The van der Waals surface area contributed by atoms with Crippen LogP contribution in [0.1, 0.15) is 33.6 Å². The van der Waals surface area contributed by atoms with E-state index in [1.54, 1.807) is 25.8 Å². The number of likely N-dealkylation sites (tertiary alicyclic amines) is 1. The van der Waals surface area contributed by atoms with Crippen LogP contribution in [0.2, 0.25) is 0 Å². The Labute approximate surface area is 182 Å². The Balaban J connectivity index is 1.71. The fourth-order valence-electron chi connectivity index (χ4n) is 3.83. The number of carbonyl (C=O) groups is 3. The first-order valence-corrected chi connectivity index (χ1v) is 10.4. The van der Waals surface area contributed by atoms with Gasteiger partial charge in [-0.1, -0.05) is 18.2 Å². The molecule has 168 valence electrons. The van der Waals surface area contributed by atoms with Gasteiger partial charge >= 0.3 is 0 Å². The summed E-state index contributed by atoms with van der Waals surface area (Å²) in [6, 6.07) is 8.45. The van der Waals surface area contributed by atoms with Gasteiger partial charge in [-0.05, 0) is 32.9 Å². The van der Waals surface area contributed by atoms with Gasteiger partial charge in [0, 0.05) is 33.0 Å². The van der Waals surface area contributed by atoms with E-state index in [2.05, 4.69) is 10.4 Å². The second-order valence-electron chi connectivity index (χ2n) is 8.92. The Morgan fingerprint density at radius 1 is 1.32 bits per heavy atom. The molecule has 0 saturated carbocycles. The SMILES string of the molecule is CN1N=C2CCN(C(=O)[C@H](CCOc3ccccc3)NC(=O)C(C)(C)N)CC2(C)C1=O. The molecule has 0 aliphatic carbocycles. The summed E-state index contributed by atoms with van der Waals surface area (Å²) in [5, 5.41) is 8.43. The highest BCUT2D eigenvalue weighted by atomic mass is 16.5. The van der Waals surface area contributed by atoms with Gasteiger partial charge in [0.1, 0.15) is 17.2 Å². The number of piperidine rings is 1. The van der Waals surface area contributed by atoms with Gasteiger partial charge in [-0.2, -0.15) is 5.10 Å². The first-order valence-electron chi connectivity index (χ1n) is 10.4. The third-order valence-corrected chi connectivity index (χ3v) is 5.72. The zero-order valence-electron chi connectivity index (χ0n) is 18.6. The second kappa shape index (κ2) is 8.66. The molecule has 1 unspecified atom stereocenters. The molecule has 1 aromatic rings. The molecule has 1 aromatic carbocycles. The minimum atomic E-state index is -1.13. The minimum absolute atomic E-state index is 0.129. The molecule has 9 heteroatoms. The second-order valence-corrected chi connectivity index (χ2v) is 8.92. The smallest absolute Gasteiger partial charge is 0.255 e. The number of hydrogen-bond donors (Lipinski definition) is 2. The van der Waals surface area contributed by atoms with Gasteiger partial charge in [0.25, 0.3) is 5.91 Å². The van der Waals surface area contributed by atoms with Crippen molar-refractivity contribution in [1.82, 2.24) is 15.2 Å². The maximum absolute atomic E-state index is 13.4. The molecule has 3 rings (SSSR count). The molecule has 0 aromatic heterocycles. The molecule has 0 bridgehead atoms. The van der Waals surface area contributed by atoms with E-state index in [1.165, 1.54) is 5.01 Å². The van der Waals surface area contributed by atoms with Crippen LogP contribution >= 0.6 is 0 Å². The summed E-state index contributed by atoms with van der Waals surface area (Å²) in [6.45, 7) is 5.89. The number of rotatable bonds is 7. The molecule has 0 radical (unpaired) electrons. The average Bonchev–Trinajstić information content (AvgIpc) is 2.95. The van der Waals surface area contributed by atoms with Crippen molar-refractivity contribution in [3.8, 4) is 5.75 Å². The standard InChI is InChI=1S/C22H31N5O4/c1-21(2,23)19(29)24-16(11-13-31-15-8-6-5-7-9-15)18(28)27-12-10-17-22(3,14-27)20(30)26(4)25-17/h5-9,16H,10-14,23H2,1-4H3,(H,24,29)/t16-,22?/m0/s1. The van der Waals surface area contributed by atoms with Crippen LogP contribution in [0.5, 0.6) is 5.75 Å². The van der Waals surface area contributed by atoms with Crippen LogP contribution in [0.15, 0.2) is 35.4 Å². The zero-order chi connectivity index (χ0) is 22.8. The van der Waals surface area contributed by atoms with E-state index in [1.807, 2.05) is 37.3 Å². The van der Waals surface area contributed by atoms with Crippen LogP contribution in [0.25, 0.3) is 0 Å². The highest BCUT2D eigenvalue weighted by Crippen LogP contribution is 2.34. The average molecular weight is 430 g/mol. The van der Waals surface area contributed by atoms with E-state index < -0.39 is 22.9 Å². The third-order valence-electron chi connectivity index (χ3n) is 5.72. The van der Waals surface area contributed by atoms with Crippen LogP contribution in [0.3, 0.4) is 0 Å². The van der Waals surface area contributed by atoms with E-state index >= 15 is 0 Å². The lowest BCUT2D eigenvalue weighted by atomic mass is 9.79. The Bertz CT molecular complexity index is 880.